The Balaban J connectivity index is 1.80. The summed E-state index contributed by atoms with van der Waals surface area (Å²) in [6, 6.07) is 10.2. The molecule has 2 aromatic heterocycles. The van der Waals surface area contributed by atoms with Gasteiger partial charge in [0, 0.05) is 50.3 Å². The van der Waals surface area contributed by atoms with Crippen LogP contribution in [0.3, 0.4) is 0 Å². The van der Waals surface area contributed by atoms with Crippen LogP contribution in [0.1, 0.15) is 5.56 Å². The van der Waals surface area contributed by atoms with Crippen LogP contribution in [0.4, 0.5) is 5.69 Å². The van der Waals surface area contributed by atoms with E-state index in [0.29, 0.717) is 5.95 Å². The van der Waals surface area contributed by atoms with Gasteiger partial charge in [-0.3, -0.25) is 4.57 Å². The molecule has 0 N–H and O–H groups in total. The molecule has 112 valence electrons. The third-order valence-corrected chi connectivity index (χ3v) is 4.22. The largest absolute Gasteiger partial charge is 0.377 e. The molecule has 22 heavy (non-hydrogen) atoms. The highest BCUT2D eigenvalue weighted by molar-refractivity contribution is 7.98. The fourth-order valence-corrected chi connectivity index (χ4v) is 3.12. The maximum atomic E-state index is 4.41. The van der Waals surface area contributed by atoms with Crippen LogP contribution in [-0.2, 0) is 5.75 Å². The highest BCUT2D eigenvalue weighted by atomic mass is 32.2. The minimum Gasteiger partial charge on any atom is -0.377 e. The number of para-hydroxylation sites is 1. The number of nitrogens with zero attached hydrogens (tertiary/aromatic N) is 5. The lowest BCUT2D eigenvalue weighted by Gasteiger charge is -2.17. The van der Waals surface area contributed by atoms with E-state index in [9.17, 15) is 0 Å². The quantitative estimate of drug-likeness (QED) is 0.678. The van der Waals surface area contributed by atoms with Gasteiger partial charge in [0.2, 0.25) is 5.95 Å². The molecule has 0 spiro atoms. The molecule has 5 nitrogen and oxygen atoms in total. The molecular formula is C16H17N5S. The van der Waals surface area contributed by atoms with Gasteiger partial charge in [-0.25, -0.2) is 15.0 Å². The van der Waals surface area contributed by atoms with E-state index in [0.717, 1.165) is 10.9 Å². The minimum absolute atomic E-state index is 0.642. The first-order chi connectivity index (χ1) is 10.8. The molecule has 3 aromatic rings. The molecule has 2 heterocycles. The standard InChI is InChI=1S/C16H17N5S/c1-20(2)14-7-4-3-6-13(14)12-22-16-19-10-11-21(16)15-17-8-5-9-18-15/h3-11H,12H2,1-2H3. The first-order valence-corrected chi connectivity index (χ1v) is 7.93. The molecule has 1 aromatic carbocycles. The Kier molecular flexibility index (Phi) is 4.39. The van der Waals surface area contributed by atoms with E-state index in [1.54, 1.807) is 36.4 Å². The highest BCUT2D eigenvalue weighted by Gasteiger charge is 2.10. The fraction of sp³-hybridized carbons (Fsp3) is 0.188. The van der Waals surface area contributed by atoms with Crippen molar-refractivity contribution in [3.05, 3.63) is 60.7 Å². The first kappa shape index (κ1) is 14.6. The van der Waals surface area contributed by atoms with Crippen molar-refractivity contribution in [2.24, 2.45) is 0 Å². The second-order valence-electron chi connectivity index (χ2n) is 4.94. The number of rotatable bonds is 5. The van der Waals surface area contributed by atoms with Crippen molar-refractivity contribution in [1.29, 1.82) is 0 Å². The van der Waals surface area contributed by atoms with E-state index >= 15 is 0 Å². The molecule has 0 amide bonds. The maximum absolute atomic E-state index is 4.41. The predicted molar refractivity (Wildman–Crippen MR) is 89.5 cm³/mol. The van der Waals surface area contributed by atoms with Gasteiger partial charge < -0.3 is 4.90 Å². The average Bonchev–Trinajstić information content (AvgIpc) is 3.02. The van der Waals surface area contributed by atoms with Gasteiger partial charge in [0.05, 0.1) is 0 Å². The lowest BCUT2D eigenvalue weighted by molar-refractivity contribution is 0.825. The normalized spacial score (nSPS) is 10.6. The van der Waals surface area contributed by atoms with Gasteiger partial charge in [-0.2, -0.15) is 0 Å². The molecule has 0 bridgehead atoms. The zero-order chi connectivity index (χ0) is 15.4. The van der Waals surface area contributed by atoms with Crippen molar-refractivity contribution in [3.8, 4) is 5.95 Å². The summed E-state index contributed by atoms with van der Waals surface area (Å²) in [5.41, 5.74) is 2.50. The van der Waals surface area contributed by atoms with Crippen LogP contribution in [0, 0.1) is 0 Å². The van der Waals surface area contributed by atoms with Gasteiger partial charge in [0.25, 0.3) is 0 Å². The topological polar surface area (TPSA) is 46.8 Å². The summed E-state index contributed by atoms with van der Waals surface area (Å²) in [5, 5.41) is 0.889. The highest BCUT2D eigenvalue weighted by Crippen LogP contribution is 2.27. The molecule has 6 heteroatoms. The molecule has 0 aliphatic heterocycles. The third kappa shape index (κ3) is 3.12. The Morgan fingerprint density at radius 3 is 2.55 bits per heavy atom. The van der Waals surface area contributed by atoms with Crippen molar-refractivity contribution in [3.63, 3.8) is 0 Å². The number of thioether (sulfide) groups is 1. The number of hydrogen-bond acceptors (Lipinski definition) is 5. The summed E-state index contributed by atoms with van der Waals surface area (Å²) < 4.78 is 1.91. The molecule has 0 aliphatic rings. The second kappa shape index (κ2) is 6.62. The van der Waals surface area contributed by atoms with E-state index in [2.05, 4.69) is 58.2 Å². The SMILES string of the molecule is CN(C)c1ccccc1CSc1nccn1-c1ncccn1. The van der Waals surface area contributed by atoms with E-state index in [4.69, 9.17) is 0 Å². The van der Waals surface area contributed by atoms with Gasteiger partial charge in [0.1, 0.15) is 0 Å². The molecule has 0 unspecified atom stereocenters. The summed E-state index contributed by atoms with van der Waals surface area (Å²) in [5.74, 6) is 1.49. The van der Waals surface area contributed by atoms with Crippen LogP contribution in [0.25, 0.3) is 5.95 Å². The zero-order valence-electron chi connectivity index (χ0n) is 12.5. The van der Waals surface area contributed by atoms with Crippen LogP contribution >= 0.6 is 11.8 Å². The van der Waals surface area contributed by atoms with Gasteiger partial charge in [0.15, 0.2) is 5.16 Å². The van der Waals surface area contributed by atoms with Gasteiger partial charge in [-0.1, -0.05) is 30.0 Å². The van der Waals surface area contributed by atoms with Crippen molar-refractivity contribution in [1.82, 2.24) is 19.5 Å². The molecule has 0 saturated heterocycles. The van der Waals surface area contributed by atoms with Crippen molar-refractivity contribution in [2.45, 2.75) is 10.9 Å². The fourth-order valence-electron chi connectivity index (χ4n) is 2.18. The number of imidazole rings is 1. The summed E-state index contributed by atoms with van der Waals surface area (Å²) in [6.07, 6.45) is 7.13. The monoisotopic (exact) mass is 311 g/mol. The van der Waals surface area contributed by atoms with E-state index in [1.807, 2.05) is 10.8 Å². The number of aromatic nitrogens is 4. The van der Waals surface area contributed by atoms with Crippen LogP contribution < -0.4 is 4.90 Å². The Morgan fingerprint density at radius 2 is 1.77 bits per heavy atom. The van der Waals surface area contributed by atoms with Crippen molar-refractivity contribution in [2.75, 3.05) is 19.0 Å². The minimum atomic E-state index is 0.642. The summed E-state index contributed by atoms with van der Waals surface area (Å²) in [4.78, 5) is 15.1. The second-order valence-corrected chi connectivity index (χ2v) is 5.88. The van der Waals surface area contributed by atoms with E-state index in [-0.39, 0.29) is 0 Å². The predicted octanol–water partition coefficient (Wildman–Crippen LogP) is 3.02. The van der Waals surface area contributed by atoms with Crippen LogP contribution in [0.2, 0.25) is 0 Å². The van der Waals surface area contributed by atoms with Crippen LogP contribution in [-0.4, -0.2) is 33.6 Å². The van der Waals surface area contributed by atoms with E-state index < -0.39 is 0 Å². The molecule has 0 aliphatic carbocycles. The number of anilines is 1. The van der Waals surface area contributed by atoms with Gasteiger partial charge in [-0.15, -0.1) is 0 Å². The number of benzene rings is 1. The van der Waals surface area contributed by atoms with Crippen molar-refractivity contribution < 1.29 is 0 Å². The smallest absolute Gasteiger partial charge is 0.235 e. The Hall–Kier alpha value is -2.34. The molecule has 0 fully saturated rings. The Bertz CT molecular complexity index is 739. The summed E-state index contributed by atoms with van der Waals surface area (Å²) in [6.45, 7) is 0. The lowest BCUT2D eigenvalue weighted by Crippen LogP contribution is -2.10. The van der Waals surface area contributed by atoms with Crippen molar-refractivity contribution >= 4 is 17.4 Å². The first-order valence-electron chi connectivity index (χ1n) is 6.94. The zero-order valence-corrected chi connectivity index (χ0v) is 13.4. The average molecular weight is 311 g/mol. The molecule has 3 rings (SSSR count). The molecule has 0 saturated carbocycles. The van der Waals surface area contributed by atoms with Gasteiger partial charge in [-0.05, 0) is 17.7 Å². The number of hydrogen-bond donors (Lipinski definition) is 0. The molecular weight excluding hydrogens is 294 g/mol. The van der Waals surface area contributed by atoms with E-state index in [1.165, 1.54) is 11.3 Å². The Morgan fingerprint density at radius 1 is 1.00 bits per heavy atom. The summed E-state index contributed by atoms with van der Waals surface area (Å²) >= 11 is 1.68. The molecule has 0 radical (unpaired) electrons. The summed E-state index contributed by atoms with van der Waals surface area (Å²) in [7, 11) is 4.12. The lowest BCUT2D eigenvalue weighted by atomic mass is 10.2. The Labute approximate surface area is 134 Å². The molecule has 0 atom stereocenters. The van der Waals surface area contributed by atoms with Crippen LogP contribution in [0.15, 0.2) is 60.3 Å². The maximum Gasteiger partial charge on any atom is 0.235 e. The third-order valence-electron chi connectivity index (χ3n) is 3.20. The van der Waals surface area contributed by atoms with Crippen LogP contribution in [0.5, 0.6) is 0 Å². The van der Waals surface area contributed by atoms with Gasteiger partial charge >= 0.3 is 0 Å².